The highest BCUT2D eigenvalue weighted by atomic mass is 35.5. The number of para-hydroxylation sites is 1. The molecule has 0 bridgehead atoms. The molecule has 0 aliphatic rings. The van der Waals surface area contributed by atoms with E-state index >= 15 is 0 Å². The number of anilines is 1. The third-order valence-electron chi connectivity index (χ3n) is 2.27. The van der Waals surface area contributed by atoms with E-state index in [1.165, 1.54) is 6.20 Å². The number of hydrogen-bond donors (Lipinski definition) is 3. The first-order valence-electron chi connectivity index (χ1n) is 4.48. The first-order valence-corrected chi connectivity index (χ1v) is 4.86. The lowest BCUT2D eigenvalue weighted by atomic mass is 10.1. The lowest BCUT2D eigenvalue weighted by molar-refractivity contribution is 0.0954. The molecule has 0 aliphatic heterocycles. The summed E-state index contributed by atoms with van der Waals surface area (Å²) in [5, 5.41) is 1.12. The highest BCUT2D eigenvalue weighted by Gasteiger charge is 2.12. The largest absolute Gasteiger partial charge is 0.397 e. The van der Waals surface area contributed by atoms with E-state index in [-0.39, 0.29) is 5.56 Å². The Bertz CT molecular complexity index is 570. The second kappa shape index (κ2) is 3.96. The van der Waals surface area contributed by atoms with Crippen LogP contribution in [0, 0.1) is 0 Å². The molecule has 1 amide bonds. The van der Waals surface area contributed by atoms with E-state index in [4.69, 9.17) is 23.2 Å². The molecule has 6 heteroatoms. The molecule has 5 nitrogen and oxygen atoms in total. The number of aromatic nitrogens is 1. The Balaban J connectivity index is 2.75. The minimum atomic E-state index is -0.480. The molecular weight excluding hydrogens is 228 g/mol. The zero-order valence-corrected chi connectivity index (χ0v) is 8.95. The maximum Gasteiger partial charge on any atom is 0.268 e. The minimum absolute atomic E-state index is 0.234. The third-order valence-corrected chi connectivity index (χ3v) is 2.57. The van der Waals surface area contributed by atoms with Crippen molar-refractivity contribution in [3.63, 3.8) is 0 Å². The summed E-state index contributed by atoms with van der Waals surface area (Å²) in [6, 6.07) is 5.20. The zero-order chi connectivity index (χ0) is 11.7. The molecule has 1 aromatic carbocycles. The summed E-state index contributed by atoms with van der Waals surface area (Å²) in [5.41, 5.74) is 8.97. The highest BCUT2D eigenvalue weighted by molar-refractivity contribution is 6.35. The summed E-state index contributed by atoms with van der Waals surface area (Å²) in [5.74, 6) is 4.56. The van der Waals surface area contributed by atoms with Crippen molar-refractivity contribution in [3.05, 3.63) is 35.0 Å². The van der Waals surface area contributed by atoms with Crippen LogP contribution in [0.2, 0.25) is 5.02 Å². The first kappa shape index (κ1) is 10.7. The minimum Gasteiger partial charge on any atom is -0.397 e. The van der Waals surface area contributed by atoms with Gasteiger partial charge < -0.3 is 5.73 Å². The number of halogens is 1. The molecule has 0 saturated carbocycles. The van der Waals surface area contributed by atoms with Gasteiger partial charge in [-0.05, 0) is 6.07 Å². The van der Waals surface area contributed by atoms with Crippen LogP contribution in [0.4, 0.5) is 5.69 Å². The monoisotopic (exact) mass is 236 g/mol. The van der Waals surface area contributed by atoms with Gasteiger partial charge in [-0.3, -0.25) is 15.2 Å². The van der Waals surface area contributed by atoms with E-state index in [9.17, 15) is 4.79 Å². The molecule has 0 aliphatic carbocycles. The van der Waals surface area contributed by atoms with Gasteiger partial charge in [-0.15, -0.1) is 0 Å². The molecule has 0 unspecified atom stereocenters. The standard InChI is InChI=1S/C10H9ClN4O/c11-7-3-1-2-5-8(12)6(10(16)15-13)4-14-9(5)7/h1-4H,13H2,(H2,12,14)(H,15,16). The molecule has 0 fully saturated rings. The van der Waals surface area contributed by atoms with Gasteiger partial charge in [-0.25, -0.2) is 5.84 Å². The van der Waals surface area contributed by atoms with Crippen LogP contribution in [0.25, 0.3) is 10.9 Å². The van der Waals surface area contributed by atoms with Gasteiger partial charge in [0.1, 0.15) is 0 Å². The topological polar surface area (TPSA) is 94.0 Å². The van der Waals surface area contributed by atoms with E-state index < -0.39 is 5.91 Å². The van der Waals surface area contributed by atoms with Crippen LogP contribution in [0.5, 0.6) is 0 Å². The molecule has 0 saturated heterocycles. The Labute approximate surface area is 96.4 Å². The highest BCUT2D eigenvalue weighted by Crippen LogP contribution is 2.27. The number of carbonyl (C=O) groups excluding carboxylic acids is 1. The molecule has 0 spiro atoms. The molecule has 2 aromatic rings. The fraction of sp³-hybridized carbons (Fsp3) is 0. The van der Waals surface area contributed by atoms with Crippen molar-refractivity contribution in [2.75, 3.05) is 5.73 Å². The van der Waals surface area contributed by atoms with Crippen LogP contribution in [0.15, 0.2) is 24.4 Å². The number of nitrogen functional groups attached to an aromatic ring is 2. The molecule has 1 aromatic heterocycles. The Kier molecular flexibility index (Phi) is 2.64. The quantitative estimate of drug-likeness (QED) is 0.392. The van der Waals surface area contributed by atoms with E-state index in [1.807, 2.05) is 5.43 Å². The van der Waals surface area contributed by atoms with Gasteiger partial charge in [0.05, 0.1) is 21.8 Å². The number of nitrogens with zero attached hydrogens (tertiary/aromatic N) is 1. The smallest absolute Gasteiger partial charge is 0.268 e. The van der Waals surface area contributed by atoms with Gasteiger partial charge in [0.2, 0.25) is 0 Å². The predicted octanol–water partition coefficient (Wildman–Crippen LogP) is 1.07. The Morgan fingerprint density at radius 3 is 2.88 bits per heavy atom. The number of amides is 1. The molecule has 82 valence electrons. The van der Waals surface area contributed by atoms with Crippen LogP contribution < -0.4 is 17.0 Å². The first-order chi connectivity index (χ1) is 7.65. The van der Waals surface area contributed by atoms with Crippen molar-refractivity contribution < 1.29 is 4.79 Å². The summed E-state index contributed by atoms with van der Waals surface area (Å²) in [6.45, 7) is 0. The Morgan fingerprint density at radius 1 is 1.44 bits per heavy atom. The van der Waals surface area contributed by atoms with Crippen molar-refractivity contribution in [1.29, 1.82) is 0 Å². The zero-order valence-electron chi connectivity index (χ0n) is 8.20. The van der Waals surface area contributed by atoms with Crippen molar-refractivity contribution in [3.8, 4) is 0 Å². The summed E-state index contributed by atoms with van der Waals surface area (Å²) in [6.07, 6.45) is 1.35. The van der Waals surface area contributed by atoms with Crippen molar-refractivity contribution in [2.24, 2.45) is 5.84 Å². The summed E-state index contributed by atoms with van der Waals surface area (Å²) in [7, 11) is 0. The number of hydrogen-bond acceptors (Lipinski definition) is 4. The Morgan fingerprint density at radius 2 is 2.19 bits per heavy atom. The predicted molar refractivity (Wildman–Crippen MR) is 62.8 cm³/mol. The molecule has 1 heterocycles. The number of fused-ring (bicyclic) bond motifs is 1. The van der Waals surface area contributed by atoms with Crippen LogP contribution in [-0.4, -0.2) is 10.9 Å². The number of pyridine rings is 1. The van der Waals surface area contributed by atoms with Gasteiger partial charge in [-0.1, -0.05) is 23.7 Å². The number of hydrazine groups is 1. The van der Waals surface area contributed by atoms with Gasteiger partial charge in [0.25, 0.3) is 5.91 Å². The SMILES string of the molecule is NNC(=O)c1cnc2c(Cl)cccc2c1N. The van der Waals surface area contributed by atoms with Gasteiger partial charge in [-0.2, -0.15) is 0 Å². The van der Waals surface area contributed by atoms with Gasteiger partial charge in [0.15, 0.2) is 0 Å². The fourth-order valence-corrected chi connectivity index (χ4v) is 1.69. The number of rotatable bonds is 1. The van der Waals surface area contributed by atoms with Crippen LogP contribution in [-0.2, 0) is 0 Å². The van der Waals surface area contributed by atoms with Gasteiger partial charge >= 0.3 is 0 Å². The fourth-order valence-electron chi connectivity index (χ4n) is 1.47. The van der Waals surface area contributed by atoms with Crippen molar-refractivity contribution in [1.82, 2.24) is 10.4 Å². The maximum absolute atomic E-state index is 11.4. The average Bonchev–Trinajstić information content (AvgIpc) is 2.30. The molecule has 5 N–H and O–H groups in total. The van der Waals surface area contributed by atoms with Crippen LogP contribution in [0.3, 0.4) is 0 Å². The molecular formula is C10H9ClN4O. The van der Waals surface area contributed by atoms with E-state index in [1.54, 1.807) is 18.2 Å². The lowest BCUT2D eigenvalue weighted by Crippen LogP contribution is -2.30. The van der Waals surface area contributed by atoms with E-state index in [0.29, 0.717) is 21.6 Å². The average molecular weight is 237 g/mol. The summed E-state index contributed by atoms with van der Waals surface area (Å²) >= 11 is 5.95. The van der Waals surface area contributed by atoms with E-state index in [0.717, 1.165) is 0 Å². The van der Waals surface area contributed by atoms with Crippen molar-refractivity contribution >= 4 is 34.1 Å². The number of carbonyl (C=O) groups is 1. The summed E-state index contributed by atoms with van der Waals surface area (Å²) < 4.78 is 0. The lowest BCUT2D eigenvalue weighted by Gasteiger charge is -2.07. The Hall–Kier alpha value is -1.85. The second-order valence-electron chi connectivity index (χ2n) is 3.20. The number of benzene rings is 1. The second-order valence-corrected chi connectivity index (χ2v) is 3.60. The van der Waals surface area contributed by atoms with Gasteiger partial charge in [0, 0.05) is 11.6 Å². The van der Waals surface area contributed by atoms with Crippen molar-refractivity contribution in [2.45, 2.75) is 0 Å². The van der Waals surface area contributed by atoms with E-state index in [2.05, 4.69) is 4.98 Å². The summed E-state index contributed by atoms with van der Waals surface area (Å²) in [4.78, 5) is 15.5. The van der Waals surface area contributed by atoms with Crippen LogP contribution in [0.1, 0.15) is 10.4 Å². The third kappa shape index (κ3) is 1.56. The maximum atomic E-state index is 11.4. The molecule has 2 rings (SSSR count). The van der Waals surface area contributed by atoms with Crippen LogP contribution >= 0.6 is 11.6 Å². The molecule has 16 heavy (non-hydrogen) atoms. The number of nitrogens with two attached hydrogens (primary N) is 2. The normalized spacial score (nSPS) is 10.4. The molecule has 0 atom stereocenters. The number of nitrogens with one attached hydrogen (secondary N) is 1. The molecule has 0 radical (unpaired) electrons.